The molecule has 2 nitrogen and oxygen atoms in total. The fourth-order valence-corrected chi connectivity index (χ4v) is 0.183. The van der Waals surface area contributed by atoms with Crippen LogP contribution in [0.4, 0.5) is 4.39 Å². The summed E-state index contributed by atoms with van der Waals surface area (Å²) in [5.41, 5.74) is 0. The van der Waals surface area contributed by atoms with Gasteiger partial charge in [-0.15, -0.1) is 0 Å². The lowest BCUT2D eigenvalue weighted by Crippen LogP contribution is -2.09. The molecule has 7 heavy (non-hydrogen) atoms. The third kappa shape index (κ3) is 2.53. The molecule has 3 heteroatoms. The maximum Gasteiger partial charge on any atom is 0.253 e. The fraction of sp³-hybridized carbons (Fsp3) is 0.750. The van der Waals surface area contributed by atoms with Crippen molar-refractivity contribution in [2.45, 2.75) is 19.5 Å². The first-order valence-corrected chi connectivity index (χ1v) is 2.07. The second-order valence-electron chi connectivity index (χ2n) is 1.23. The van der Waals surface area contributed by atoms with E-state index in [1.165, 1.54) is 6.92 Å². The minimum absolute atomic E-state index is 0.113. The van der Waals surface area contributed by atoms with Crippen LogP contribution in [0.15, 0.2) is 0 Å². The highest BCUT2D eigenvalue weighted by Gasteiger charge is 2.12. The molecule has 1 radical (unpaired) electrons. The van der Waals surface area contributed by atoms with Gasteiger partial charge in [0.15, 0.2) is 6.17 Å². The number of aliphatic hydroxyl groups excluding tert-OH is 1. The molecular formula is C4H8FO2. The van der Waals surface area contributed by atoms with Gasteiger partial charge >= 0.3 is 0 Å². The molecule has 43 valence electrons. The van der Waals surface area contributed by atoms with Gasteiger partial charge in [-0.25, -0.2) is 4.39 Å². The first kappa shape index (κ1) is 6.85. The predicted molar refractivity (Wildman–Crippen MR) is 22.3 cm³/mol. The van der Waals surface area contributed by atoms with Crippen LogP contribution in [0.5, 0.6) is 0 Å². The summed E-state index contributed by atoms with van der Waals surface area (Å²) in [6.45, 7) is 1.52. The van der Waals surface area contributed by atoms with E-state index in [1.54, 1.807) is 0 Å². The van der Waals surface area contributed by atoms with Gasteiger partial charge in [0.2, 0.25) is 0 Å². The molecule has 0 aliphatic rings. The van der Waals surface area contributed by atoms with Crippen molar-refractivity contribution in [1.29, 1.82) is 0 Å². The number of hydrogen-bond donors (Lipinski definition) is 2. The van der Waals surface area contributed by atoms with Gasteiger partial charge in [-0.1, -0.05) is 6.92 Å². The highest BCUT2D eigenvalue weighted by molar-refractivity contribution is 4.68. The van der Waals surface area contributed by atoms with E-state index in [9.17, 15) is 4.39 Å². The monoisotopic (exact) mass is 107 g/mol. The molecule has 0 rings (SSSR count). The molecule has 0 saturated carbocycles. The zero-order chi connectivity index (χ0) is 5.86. The van der Waals surface area contributed by atoms with Crippen molar-refractivity contribution in [1.82, 2.24) is 0 Å². The zero-order valence-electron chi connectivity index (χ0n) is 4.06. The number of rotatable bonds is 2. The van der Waals surface area contributed by atoms with Crippen molar-refractivity contribution in [3.8, 4) is 0 Å². The number of alkyl halides is 1. The van der Waals surface area contributed by atoms with E-state index in [0.717, 1.165) is 0 Å². The molecule has 1 unspecified atom stereocenters. The van der Waals surface area contributed by atoms with Crippen molar-refractivity contribution in [2.75, 3.05) is 0 Å². The lowest BCUT2D eigenvalue weighted by atomic mass is 10.3. The molecule has 0 bridgehead atoms. The van der Waals surface area contributed by atoms with Gasteiger partial charge in [0.05, 0.1) is 0 Å². The Hall–Kier alpha value is -0.150. The molecule has 0 amide bonds. The predicted octanol–water partition coefficient (Wildman–Crippen LogP) is 0.969. The van der Waals surface area contributed by atoms with E-state index in [2.05, 4.69) is 0 Å². The quantitative estimate of drug-likeness (QED) is 0.552. The second-order valence-corrected chi connectivity index (χ2v) is 1.23. The van der Waals surface area contributed by atoms with E-state index in [0.29, 0.717) is 0 Å². The SMILES string of the molecule is CCC(F)[C](O)O. The Morgan fingerprint density at radius 3 is 2.14 bits per heavy atom. The standard InChI is InChI=1S/C4H8FO2/c1-2-3(5)4(6)7/h3,6-7H,2H2,1H3. The van der Waals surface area contributed by atoms with E-state index >= 15 is 0 Å². The van der Waals surface area contributed by atoms with Crippen LogP contribution in [0, 0.1) is 6.29 Å². The Balaban J connectivity index is 3.14. The fourth-order valence-electron chi connectivity index (χ4n) is 0.183. The van der Waals surface area contributed by atoms with Gasteiger partial charge in [0.1, 0.15) is 0 Å². The molecule has 0 saturated heterocycles. The van der Waals surface area contributed by atoms with E-state index in [1.807, 2.05) is 0 Å². The maximum absolute atomic E-state index is 11.7. The molecule has 0 aliphatic heterocycles. The van der Waals surface area contributed by atoms with Gasteiger partial charge in [-0.3, -0.25) is 0 Å². The van der Waals surface area contributed by atoms with Crippen molar-refractivity contribution in [3.05, 3.63) is 6.29 Å². The summed E-state index contributed by atoms with van der Waals surface area (Å²) in [5.74, 6) is 0. The highest BCUT2D eigenvalue weighted by Crippen LogP contribution is 2.05. The Morgan fingerprint density at radius 1 is 1.71 bits per heavy atom. The summed E-state index contributed by atoms with van der Waals surface area (Å²) in [7, 11) is 0. The lowest BCUT2D eigenvalue weighted by Gasteiger charge is -2.02. The van der Waals surface area contributed by atoms with Gasteiger partial charge in [-0.05, 0) is 6.42 Å². The first-order chi connectivity index (χ1) is 3.18. The van der Waals surface area contributed by atoms with Gasteiger partial charge in [0.25, 0.3) is 6.29 Å². The van der Waals surface area contributed by atoms with Crippen LogP contribution < -0.4 is 0 Å². The van der Waals surface area contributed by atoms with Crippen LogP contribution in [-0.4, -0.2) is 16.4 Å². The summed E-state index contributed by atoms with van der Waals surface area (Å²) in [6, 6.07) is 0. The van der Waals surface area contributed by atoms with E-state index < -0.39 is 12.5 Å². The van der Waals surface area contributed by atoms with Crippen molar-refractivity contribution < 1.29 is 14.6 Å². The summed E-state index contributed by atoms with van der Waals surface area (Å²) in [5, 5.41) is 15.8. The molecular weight excluding hydrogens is 99.0 g/mol. The third-order valence-corrected chi connectivity index (χ3v) is 0.639. The molecule has 0 fully saturated rings. The average Bonchev–Trinajstić information content (AvgIpc) is 1.65. The Bertz CT molecular complexity index is 47.0. The third-order valence-electron chi connectivity index (χ3n) is 0.639. The van der Waals surface area contributed by atoms with Crippen LogP contribution >= 0.6 is 0 Å². The molecule has 0 aromatic carbocycles. The van der Waals surface area contributed by atoms with Crippen LogP contribution in [0.2, 0.25) is 0 Å². The van der Waals surface area contributed by atoms with Crippen LogP contribution in [-0.2, 0) is 0 Å². The Labute approximate surface area is 41.6 Å². The van der Waals surface area contributed by atoms with Crippen LogP contribution in [0.1, 0.15) is 13.3 Å². The van der Waals surface area contributed by atoms with Crippen molar-refractivity contribution in [3.63, 3.8) is 0 Å². The average molecular weight is 107 g/mol. The van der Waals surface area contributed by atoms with Crippen LogP contribution in [0.25, 0.3) is 0 Å². The van der Waals surface area contributed by atoms with Gasteiger partial charge in [-0.2, -0.15) is 0 Å². The largest absolute Gasteiger partial charge is 0.359 e. The molecule has 1 atom stereocenters. The molecule has 0 aromatic rings. The Morgan fingerprint density at radius 2 is 2.14 bits per heavy atom. The summed E-state index contributed by atoms with van der Waals surface area (Å²) >= 11 is 0. The second kappa shape index (κ2) is 2.93. The zero-order valence-corrected chi connectivity index (χ0v) is 4.06. The van der Waals surface area contributed by atoms with E-state index in [4.69, 9.17) is 10.2 Å². The molecule has 0 spiro atoms. The van der Waals surface area contributed by atoms with Crippen molar-refractivity contribution in [2.24, 2.45) is 0 Å². The number of halogens is 1. The molecule has 0 aromatic heterocycles. The molecule has 0 aliphatic carbocycles. The molecule has 2 N–H and O–H groups in total. The Kier molecular flexibility index (Phi) is 2.87. The van der Waals surface area contributed by atoms with Crippen LogP contribution in [0.3, 0.4) is 0 Å². The minimum atomic E-state index is -1.57. The van der Waals surface area contributed by atoms with E-state index in [-0.39, 0.29) is 6.42 Å². The summed E-state index contributed by atoms with van der Waals surface area (Å²) < 4.78 is 11.7. The van der Waals surface area contributed by atoms with Gasteiger partial charge < -0.3 is 10.2 Å². The van der Waals surface area contributed by atoms with Gasteiger partial charge in [0, 0.05) is 0 Å². The lowest BCUT2D eigenvalue weighted by molar-refractivity contribution is 0.0156. The first-order valence-electron chi connectivity index (χ1n) is 2.07. The minimum Gasteiger partial charge on any atom is -0.359 e. The normalized spacial score (nSPS) is 15.0. The summed E-state index contributed by atoms with van der Waals surface area (Å²) in [4.78, 5) is 0. The highest BCUT2D eigenvalue weighted by atomic mass is 19.1. The van der Waals surface area contributed by atoms with Crippen molar-refractivity contribution >= 4 is 0 Å². The number of aliphatic hydroxyl groups is 2. The number of hydrogen-bond acceptors (Lipinski definition) is 2. The smallest absolute Gasteiger partial charge is 0.253 e. The topological polar surface area (TPSA) is 40.5 Å². The molecule has 0 heterocycles. The summed E-state index contributed by atoms with van der Waals surface area (Å²) in [6.07, 6.45) is -2.58. The maximum atomic E-state index is 11.7.